The van der Waals surface area contributed by atoms with Gasteiger partial charge in [0, 0.05) is 29.0 Å². The Morgan fingerprint density at radius 2 is 1.95 bits per heavy atom. The van der Waals surface area contributed by atoms with Crippen molar-refractivity contribution in [2.75, 3.05) is 6.54 Å². The normalized spacial score (nSPS) is 16.0. The molecule has 3 heteroatoms. The van der Waals surface area contributed by atoms with Gasteiger partial charge in [-0.3, -0.25) is 4.90 Å². The van der Waals surface area contributed by atoms with E-state index in [4.69, 9.17) is 11.6 Å². The fraction of sp³-hybridized carbons (Fsp3) is 0.412. The highest BCUT2D eigenvalue weighted by molar-refractivity contribution is 7.10. The lowest BCUT2D eigenvalue weighted by atomic mass is 10.0. The Balaban J connectivity index is 0.000000704. The Bertz CT molecular complexity index is 549. The lowest BCUT2D eigenvalue weighted by Crippen LogP contribution is -2.32. The lowest BCUT2D eigenvalue weighted by molar-refractivity contribution is 0.194. The van der Waals surface area contributed by atoms with E-state index in [1.807, 2.05) is 37.3 Å². The molecule has 20 heavy (non-hydrogen) atoms. The van der Waals surface area contributed by atoms with Gasteiger partial charge in [-0.05, 0) is 42.0 Å². The van der Waals surface area contributed by atoms with Crippen LogP contribution >= 0.6 is 22.9 Å². The van der Waals surface area contributed by atoms with Crippen LogP contribution in [0.5, 0.6) is 0 Å². The fourth-order valence-corrected chi connectivity index (χ4v) is 3.79. The van der Waals surface area contributed by atoms with E-state index in [2.05, 4.69) is 35.4 Å². The van der Waals surface area contributed by atoms with Gasteiger partial charge in [0.25, 0.3) is 0 Å². The van der Waals surface area contributed by atoms with Crippen molar-refractivity contribution < 1.29 is 0 Å². The summed E-state index contributed by atoms with van der Waals surface area (Å²) in [7, 11) is 0. The number of rotatable bonds is 2. The van der Waals surface area contributed by atoms with E-state index in [1.54, 1.807) is 4.88 Å². The molecule has 0 N–H and O–H groups in total. The van der Waals surface area contributed by atoms with E-state index in [-0.39, 0.29) is 0 Å². The van der Waals surface area contributed by atoms with Crippen LogP contribution in [0.4, 0.5) is 0 Å². The quantitative estimate of drug-likeness (QED) is 0.703. The van der Waals surface area contributed by atoms with Crippen molar-refractivity contribution in [2.24, 2.45) is 0 Å². The lowest BCUT2D eigenvalue weighted by Gasteiger charge is -2.33. The van der Waals surface area contributed by atoms with E-state index in [1.165, 1.54) is 17.5 Å². The minimum absolute atomic E-state index is 0.381. The Kier molecular flexibility index (Phi) is 5.64. The standard InChI is InChI=1S/C15H16ClNS.C2H6/c1-11(13-4-2-3-5-14(13)16)17-8-6-15-12(10-17)7-9-18-15;1-2/h2-5,7,9,11H,6,8,10H2,1H3;1-2H3. The van der Waals surface area contributed by atoms with Crippen molar-refractivity contribution in [2.45, 2.75) is 39.8 Å². The van der Waals surface area contributed by atoms with Crippen LogP contribution in [-0.4, -0.2) is 11.4 Å². The third kappa shape index (κ3) is 3.25. The van der Waals surface area contributed by atoms with Crippen LogP contribution in [0.25, 0.3) is 0 Å². The van der Waals surface area contributed by atoms with Gasteiger partial charge in [0.15, 0.2) is 0 Å². The van der Waals surface area contributed by atoms with E-state index in [0.29, 0.717) is 6.04 Å². The molecule has 2 aromatic rings. The van der Waals surface area contributed by atoms with Gasteiger partial charge < -0.3 is 0 Å². The average Bonchev–Trinajstić information content (AvgIpc) is 2.96. The first-order valence-corrected chi connectivity index (χ1v) is 8.55. The third-order valence-corrected chi connectivity index (χ3v) is 5.11. The van der Waals surface area contributed by atoms with Crippen molar-refractivity contribution in [3.63, 3.8) is 0 Å². The minimum Gasteiger partial charge on any atom is -0.292 e. The highest BCUT2D eigenvalue weighted by Crippen LogP contribution is 2.32. The van der Waals surface area contributed by atoms with E-state index in [0.717, 1.165) is 18.1 Å². The van der Waals surface area contributed by atoms with Crippen molar-refractivity contribution >= 4 is 22.9 Å². The Hall–Kier alpha value is -0.830. The molecule has 0 spiro atoms. The summed E-state index contributed by atoms with van der Waals surface area (Å²) >= 11 is 8.18. The molecular weight excluding hydrogens is 286 g/mol. The SMILES string of the molecule is CC.CC(c1ccccc1Cl)N1CCc2sccc2C1. The van der Waals surface area contributed by atoms with Gasteiger partial charge in [-0.1, -0.05) is 43.6 Å². The van der Waals surface area contributed by atoms with Crippen molar-refractivity contribution in [3.05, 3.63) is 56.7 Å². The smallest absolute Gasteiger partial charge is 0.0453 e. The number of hydrogen-bond donors (Lipinski definition) is 0. The predicted octanol–water partition coefficient (Wildman–Crippen LogP) is 5.55. The zero-order valence-electron chi connectivity index (χ0n) is 12.4. The first-order valence-electron chi connectivity index (χ1n) is 7.29. The summed E-state index contributed by atoms with van der Waals surface area (Å²) in [6.45, 7) is 8.42. The summed E-state index contributed by atoms with van der Waals surface area (Å²) in [5.74, 6) is 0. The second-order valence-corrected chi connectivity index (χ2v) is 6.19. The van der Waals surface area contributed by atoms with Crippen LogP contribution in [0.15, 0.2) is 35.7 Å². The summed E-state index contributed by atoms with van der Waals surface area (Å²) in [6, 6.07) is 10.8. The summed E-state index contributed by atoms with van der Waals surface area (Å²) in [6.07, 6.45) is 1.17. The molecule has 0 radical (unpaired) electrons. The van der Waals surface area contributed by atoms with Gasteiger partial charge in [0.05, 0.1) is 0 Å². The molecule has 0 aliphatic carbocycles. The fourth-order valence-electron chi connectivity index (χ4n) is 2.61. The molecule has 3 rings (SSSR count). The van der Waals surface area contributed by atoms with Crippen molar-refractivity contribution in [3.8, 4) is 0 Å². The Labute approximate surface area is 131 Å². The first-order chi connectivity index (χ1) is 9.75. The molecular formula is C17H22ClNS. The molecule has 2 heterocycles. The number of fused-ring (bicyclic) bond motifs is 1. The Morgan fingerprint density at radius 3 is 2.70 bits per heavy atom. The molecule has 1 aliphatic heterocycles. The van der Waals surface area contributed by atoms with Crippen LogP contribution in [0.3, 0.4) is 0 Å². The van der Waals surface area contributed by atoms with Gasteiger partial charge in [-0.2, -0.15) is 0 Å². The molecule has 0 saturated heterocycles. The molecule has 0 fully saturated rings. The highest BCUT2D eigenvalue weighted by atomic mass is 35.5. The van der Waals surface area contributed by atoms with E-state index < -0.39 is 0 Å². The number of halogens is 1. The largest absolute Gasteiger partial charge is 0.292 e. The molecule has 1 aliphatic rings. The second kappa shape index (κ2) is 7.26. The zero-order chi connectivity index (χ0) is 14.5. The third-order valence-electron chi connectivity index (χ3n) is 3.74. The number of benzene rings is 1. The van der Waals surface area contributed by atoms with Crippen LogP contribution in [0.1, 0.15) is 42.8 Å². The second-order valence-electron chi connectivity index (χ2n) is 4.79. The van der Waals surface area contributed by atoms with Crippen molar-refractivity contribution in [1.29, 1.82) is 0 Å². The van der Waals surface area contributed by atoms with Gasteiger partial charge >= 0.3 is 0 Å². The topological polar surface area (TPSA) is 3.24 Å². The molecule has 0 saturated carbocycles. The summed E-state index contributed by atoms with van der Waals surface area (Å²) in [5, 5.41) is 3.08. The summed E-state index contributed by atoms with van der Waals surface area (Å²) < 4.78 is 0. The van der Waals surface area contributed by atoms with Gasteiger partial charge in [0.2, 0.25) is 0 Å². The minimum atomic E-state index is 0.381. The average molecular weight is 308 g/mol. The van der Waals surface area contributed by atoms with Gasteiger partial charge in [-0.15, -0.1) is 11.3 Å². The summed E-state index contributed by atoms with van der Waals surface area (Å²) in [4.78, 5) is 4.06. The maximum absolute atomic E-state index is 6.29. The molecule has 1 aromatic carbocycles. The molecule has 1 aromatic heterocycles. The number of hydrogen-bond acceptors (Lipinski definition) is 2. The van der Waals surface area contributed by atoms with Crippen LogP contribution in [0, 0.1) is 0 Å². The first kappa shape index (κ1) is 15.6. The molecule has 0 bridgehead atoms. The van der Waals surface area contributed by atoms with Crippen LogP contribution < -0.4 is 0 Å². The van der Waals surface area contributed by atoms with Gasteiger partial charge in [-0.25, -0.2) is 0 Å². The maximum atomic E-state index is 6.29. The van der Waals surface area contributed by atoms with E-state index in [9.17, 15) is 0 Å². The number of nitrogens with zero attached hydrogens (tertiary/aromatic N) is 1. The molecule has 1 atom stereocenters. The van der Waals surface area contributed by atoms with E-state index >= 15 is 0 Å². The van der Waals surface area contributed by atoms with Crippen molar-refractivity contribution in [1.82, 2.24) is 4.90 Å². The van der Waals surface area contributed by atoms with Crippen LogP contribution in [0.2, 0.25) is 5.02 Å². The predicted molar refractivity (Wildman–Crippen MR) is 89.6 cm³/mol. The molecule has 1 unspecified atom stereocenters. The molecule has 108 valence electrons. The molecule has 0 amide bonds. The monoisotopic (exact) mass is 307 g/mol. The molecule has 1 nitrogen and oxygen atoms in total. The maximum Gasteiger partial charge on any atom is 0.0453 e. The zero-order valence-corrected chi connectivity index (χ0v) is 14.0. The van der Waals surface area contributed by atoms with Crippen LogP contribution in [-0.2, 0) is 13.0 Å². The summed E-state index contributed by atoms with van der Waals surface area (Å²) in [5.41, 5.74) is 2.72. The Morgan fingerprint density at radius 1 is 1.20 bits per heavy atom. The highest BCUT2D eigenvalue weighted by Gasteiger charge is 2.23. The number of thiophene rings is 1. The van der Waals surface area contributed by atoms with Gasteiger partial charge in [0.1, 0.15) is 0 Å².